The van der Waals surface area contributed by atoms with Gasteiger partial charge < -0.3 is 4.74 Å². The van der Waals surface area contributed by atoms with Crippen LogP contribution in [0.3, 0.4) is 0 Å². The van der Waals surface area contributed by atoms with Gasteiger partial charge in [0.05, 0.1) is 32.5 Å². The number of hydrogen-bond acceptors (Lipinski definition) is 4. The molecule has 1 heterocycles. The molecule has 2 atom stereocenters. The van der Waals surface area contributed by atoms with Crippen molar-refractivity contribution in [2.75, 3.05) is 0 Å². The smallest absolute Gasteiger partial charge is 0.428 e. The van der Waals surface area contributed by atoms with Gasteiger partial charge in [0.2, 0.25) is 0 Å². The van der Waals surface area contributed by atoms with Gasteiger partial charge in [-0.25, -0.2) is 13.3 Å². The van der Waals surface area contributed by atoms with Crippen molar-refractivity contribution in [1.82, 2.24) is 9.71 Å². The molecule has 1 aromatic carbocycles. The van der Waals surface area contributed by atoms with Crippen LogP contribution in [0, 0.1) is 17.1 Å². The van der Waals surface area contributed by atoms with Crippen molar-refractivity contribution in [2.24, 2.45) is 0 Å². The molecule has 31 heavy (non-hydrogen) atoms. The number of alkyl halides is 4. The molecule has 168 valence electrons. The fraction of sp³-hybridized carbons (Fsp3) is 0.368. The summed E-state index contributed by atoms with van der Waals surface area (Å²) in [4.78, 5) is 4.01. The zero-order valence-corrected chi connectivity index (χ0v) is 18.0. The first-order chi connectivity index (χ1) is 14.2. The van der Waals surface area contributed by atoms with Crippen LogP contribution >= 0.6 is 11.6 Å². The molecule has 0 aliphatic heterocycles. The second kappa shape index (κ2) is 9.06. The standard InChI is InChI=1S/C19H17ClF5N3O2S/c1-17(2,3)31(29)28-18(10-26,15-5-4-12(20)9-27-15)11-6-13(21)8-14(7-11)30-19(24,25)16(22)23/h4-9,16,28H,1-3H3/t18?,31-/m1/s1. The Bertz CT molecular complexity index is 1010. The number of pyridine rings is 1. The molecule has 5 nitrogen and oxygen atoms in total. The van der Waals surface area contributed by atoms with Gasteiger partial charge >= 0.3 is 12.5 Å². The molecule has 1 N–H and O–H groups in total. The highest BCUT2D eigenvalue weighted by Gasteiger charge is 2.45. The lowest BCUT2D eigenvalue weighted by molar-refractivity contribution is -0.253. The van der Waals surface area contributed by atoms with Crippen molar-refractivity contribution in [1.29, 1.82) is 5.26 Å². The van der Waals surface area contributed by atoms with Crippen LogP contribution in [0.4, 0.5) is 22.0 Å². The van der Waals surface area contributed by atoms with Crippen LogP contribution in [0.25, 0.3) is 0 Å². The van der Waals surface area contributed by atoms with Gasteiger partial charge in [0.15, 0.2) is 5.54 Å². The molecule has 12 heteroatoms. The summed E-state index contributed by atoms with van der Waals surface area (Å²) in [6, 6.07) is 6.51. The Kier molecular flexibility index (Phi) is 7.30. The Balaban J connectivity index is 2.70. The first-order valence-corrected chi connectivity index (χ1v) is 10.1. The maximum absolute atomic E-state index is 14.3. The first kappa shape index (κ1) is 25.0. The summed E-state index contributed by atoms with van der Waals surface area (Å²) in [6.07, 6.45) is -7.91. The SMILES string of the molecule is CC(C)(C)[S@@](=O)NC(C#N)(c1cc(F)cc(OC(F)(F)C(F)F)c1)c1ccc(Cl)cn1. The second-order valence-corrected chi connectivity index (χ2v) is 9.75. The lowest BCUT2D eigenvalue weighted by Crippen LogP contribution is -2.48. The fourth-order valence-corrected chi connectivity index (χ4v) is 3.30. The summed E-state index contributed by atoms with van der Waals surface area (Å²) in [5, 5.41) is 10.2. The fourth-order valence-electron chi connectivity index (χ4n) is 2.33. The van der Waals surface area contributed by atoms with E-state index in [0.717, 1.165) is 12.1 Å². The maximum Gasteiger partial charge on any atom is 0.461 e. The Labute approximate surface area is 182 Å². The Morgan fingerprint density at radius 3 is 2.35 bits per heavy atom. The molecule has 0 radical (unpaired) electrons. The number of benzene rings is 1. The summed E-state index contributed by atoms with van der Waals surface area (Å²) in [7, 11) is -1.93. The summed E-state index contributed by atoms with van der Waals surface area (Å²) in [5.41, 5.74) is -2.56. The summed E-state index contributed by atoms with van der Waals surface area (Å²) in [5.74, 6) is -2.12. The molecule has 0 aliphatic rings. The van der Waals surface area contributed by atoms with E-state index in [0.29, 0.717) is 6.07 Å². The summed E-state index contributed by atoms with van der Waals surface area (Å²) >= 11 is 5.82. The maximum atomic E-state index is 14.3. The molecule has 1 aromatic heterocycles. The number of nitrogens with one attached hydrogen (secondary N) is 1. The predicted molar refractivity (Wildman–Crippen MR) is 105 cm³/mol. The van der Waals surface area contributed by atoms with Gasteiger partial charge in [0, 0.05) is 12.3 Å². The zero-order chi connectivity index (χ0) is 23.6. The third kappa shape index (κ3) is 5.70. The Morgan fingerprint density at radius 2 is 1.87 bits per heavy atom. The Hall–Kier alpha value is -2.29. The van der Waals surface area contributed by atoms with Crippen molar-refractivity contribution in [2.45, 2.75) is 43.6 Å². The molecule has 0 aliphatic carbocycles. The van der Waals surface area contributed by atoms with Crippen molar-refractivity contribution in [3.05, 3.63) is 58.6 Å². The molecular weight excluding hydrogens is 465 g/mol. The molecule has 1 unspecified atom stereocenters. The molecular formula is C19H17ClF5N3O2S. The van der Waals surface area contributed by atoms with Crippen LogP contribution in [0.5, 0.6) is 5.75 Å². The number of halogens is 6. The summed E-state index contributed by atoms with van der Waals surface area (Å²) < 4.78 is 84.4. The minimum absolute atomic E-state index is 0.0887. The first-order valence-electron chi connectivity index (χ1n) is 8.60. The van der Waals surface area contributed by atoms with E-state index in [9.17, 15) is 31.4 Å². The van der Waals surface area contributed by atoms with E-state index in [2.05, 4.69) is 14.4 Å². The second-order valence-electron chi connectivity index (χ2n) is 7.35. The summed E-state index contributed by atoms with van der Waals surface area (Å²) in [6.45, 7) is 4.78. The molecule has 2 rings (SSSR count). The third-order valence-corrected chi connectivity index (χ3v) is 5.72. The number of aromatic nitrogens is 1. The van der Waals surface area contributed by atoms with Crippen LogP contribution < -0.4 is 9.46 Å². The van der Waals surface area contributed by atoms with E-state index < -0.39 is 45.4 Å². The van der Waals surface area contributed by atoms with E-state index >= 15 is 0 Å². The van der Waals surface area contributed by atoms with Gasteiger partial charge in [-0.2, -0.15) is 22.8 Å². The van der Waals surface area contributed by atoms with Gasteiger partial charge in [-0.15, -0.1) is 0 Å². The molecule has 0 saturated heterocycles. The molecule has 0 saturated carbocycles. The van der Waals surface area contributed by atoms with E-state index in [1.165, 1.54) is 18.3 Å². The normalized spacial score (nSPS) is 15.3. The van der Waals surface area contributed by atoms with Crippen molar-refractivity contribution in [3.63, 3.8) is 0 Å². The quantitative estimate of drug-likeness (QED) is 0.569. The number of nitrogens with zero attached hydrogens (tertiary/aromatic N) is 2. The zero-order valence-electron chi connectivity index (χ0n) is 16.4. The van der Waals surface area contributed by atoms with Crippen molar-refractivity contribution < 1.29 is 30.9 Å². The van der Waals surface area contributed by atoms with E-state index in [1.807, 2.05) is 6.07 Å². The van der Waals surface area contributed by atoms with Crippen LogP contribution in [-0.2, 0) is 16.5 Å². The monoisotopic (exact) mass is 481 g/mol. The lowest BCUT2D eigenvalue weighted by Gasteiger charge is -2.31. The van der Waals surface area contributed by atoms with Gasteiger partial charge in [-0.1, -0.05) is 11.6 Å². The average molecular weight is 482 g/mol. The van der Waals surface area contributed by atoms with Crippen molar-refractivity contribution >= 4 is 22.6 Å². The molecule has 0 fully saturated rings. The minimum Gasteiger partial charge on any atom is -0.428 e. The molecule has 2 aromatic rings. The van der Waals surface area contributed by atoms with Gasteiger partial charge in [-0.3, -0.25) is 4.98 Å². The van der Waals surface area contributed by atoms with Crippen LogP contribution in [0.1, 0.15) is 32.0 Å². The third-order valence-electron chi connectivity index (χ3n) is 3.89. The highest BCUT2D eigenvalue weighted by Crippen LogP contribution is 2.35. The van der Waals surface area contributed by atoms with E-state index in [1.54, 1.807) is 20.8 Å². The largest absolute Gasteiger partial charge is 0.461 e. The average Bonchev–Trinajstić information content (AvgIpc) is 2.65. The highest BCUT2D eigenvalue weighted by molar-refractivity contribution is 7.84. The number of ether oxygens (including phenoxy) is 1. The van der Waals surface area contributed by atoms with Gasteiger partial charge in [-0.05, 0) is 50.6 Å². The number of hydrogen-bond donors (Lipinski definition) is 1. The van der Waals surface area contributed by atoms with Crippen molar-refractivity contribution in [3.8, 4) is 11.8 Å². The number of nitriles is 1. The van der Waals surface area contributed by atoms with E-state index in [4.69, 9.17) is 11.6 Å². The Morgan fingerprint density at radius 1 is 1.23 bits per heavy atom. The van der Waals surface area contributed by atoms with Crippen LogP contribution in [0.15, 0.2) is 36.5 Å². The topological polar surface area (TPSA) is 75.0 Å². The highest BCUT2D eigenvalue weighted by atomic mass is 35.5. The van der Waals surface area contributed by atoms with Gasteiger partial charge in [0.1, 0.15) is 11.6 Å². The lowest BCUT2D eigenvalue weighted by atomic mass is 9.88. The van der Waals surface area contributed by atoms with Crippen LogP contribution in [-0.4, -0.2) is 26.5 Å². The van der Waals surface area contributed by atoms with Gasteiger partial charge in [0.25, 0.3) is 0 Å². The van der Waals surface area contributed by atoms with Crippen LogP contribution in [0.2, 0.25) is 5.02 Å². The molecule has 0 bridgehead atoms. The minimum atomic E-state index is -4.90. The van der Waals surface area contributed by atoms with E-state index in [-0.39, 0.29) is 16.3 Å². The molecule has 0 amide bonds. The molecule has 0 spiro atoms. The number of rotatable bonds is 7. The predicted octanol–water partition coefficient (Wildman–Crippen LogP) is 4.93.